The third-order valence-electron chi connectivity index (χ3n) is 3.22. The van der Waals surface area contributed by atoms with Gasteiger partial charge in [0.05, 0.1) is 11.7 Å². The van der Waals surface area contributed by atoms with E-state index >= 15 is 0 Å². The van der Waals surface area contributed by atoms with E-state index in [1.807, 2.05) is 31.2 Å². The number of carbonyl (C=O) groups is 1. The average molecular weight is 273 g/mol. The van der Waals surface area contributed by atoms with E-state index in [0.717, 1.165) is 5.39 Å². The van der Waals surface area contributed by atoms with E-state index in [0.29, 0.717) is 11.8 Å². The van der Waals surface area contributed by atoms with E-state index in [9.17, 15) is 15.0 Å². The highest BCUT2D eigenvalue weighted by molar-refractivity contribution is 6.03. The number of aliphatic hydroxyl groups is 1. The first-order valence-corrected chi connectivity index (χ1v) is 6.68. The second-order valence-corrected chi connectivity index (χ2v) is 5.14. The molecule has 2 aromatic carbocycles. The van der Waals surface area contributed by atoms with Crippen molar-refractivity contribution in [3.8, 4) is 5.75 Å². The van der Waals surface area contributed by atoms with E-state index in [4.69, 9.17) is 0 Å². The van der Waals surface area contributed by atoms with Crippen molar-refractivity contribution in [1.82, 2.24) is 5.32 Å². The highest BCUT2D eigenvalue weighted by Crippen LogP contribution is 2.28. The number of rotatable bonds is 4. The molecule has 0 aliphatic heterocycles. The zero-order valence-electron chi connectivity index (χ0n) is 11.6. The number of carbonyl (C=O) groups excluding carboxylic acids is 1. The smallest absolute Gasteiger partial charge is 0.255 e. The Morgan fingerprint density at radius 1 is 1.20 bits per heavy atom. The largest absolute Gasteiger partial charge is 0.506 e. The molecule has 20 heavy (non-hydrogen) atoms. The molecule has 0 saturated heterocycles. The number of phenols is 1. The van der Waals surface area contributed by atoms with E-state index in [-0.39, 0.29) is 23.3 Å². The average Bonchev–Trinajstić information content (AvgIpc) is 2.38. The normalized spacial score (nSPS) is 13.9. The summed E-state index contributed by atoms with van der Waals surface area (Å²) in [4.78, 5) is 12.1. The molecule has 106 valence electrons. The van der Waals surface area contributed by atoms with Crippen LogP contribution in [-0.2, 0) is 0 Å². The topological polar surface area (TPSA) is 69.6 Å². The Kier molecular flexibility index (Phi) is 4.25. The van der Waals surface area contributed by atoms with Gasteiger partial charge < -0.3 is 15.5 Å². The van der Waals surface area contributed by atoms with Crippen LogP contribution in [0.3, 0.4) is 0 Å². The van der Waals surface area contributed by atoms with E-state index in [1.165, 1.54) is 0 Å². The number of amides is 1. The van der Waals surface area contributed by atoms with Crippen LogP contribution in [0.25, 0.3) is 10.8 Å². The van der Waals surface area contributed by atoms with Crippen LogP contribution in [0.4, 0.5) is 0 Å². The fraction of sp³-hybridized carbons (Fsp3) is 0.312. The lowest BCUT2D eigenvalue weighted by molar-refractivity contribution is 0.0920. The number of aliphatic hydroxyl groups excluding tert-OH is 1. The molecule has 4 heteroatoms. The van der Waals surface area contributed by atoms with Crippen molar-refractivity contribution in [2.75, 3.05) is 0 Å². The maximum absolute atomic E-state index is 12.1. The van der Waals surface area contributed by atoms with Crippen LogP contribution in [0.2, 0.25) is 0 Å². The number of aromatic hydroxyl groups is 1. The Morgan fingerprint density at radius 3 is 2.60 bits per heavy atom. The number of fused-ring (bicyclic) bond motifs is 1. The first-order chi connectivity index (χ1) is 9.49. The van der Waals surface area contributed by atoms with E-state index in [2.05, 4.69) is 5.32 Å². The molecular formula is C16H19NO3. The van der Waals surface area contributed by atoms with Gasteiger partial charge in [-0.3, -0.25) is 4.79 Å². The Hall–Kier alpha value is -2.07. The van der Waals surface area contributed by atoms with Gasteiger partial charge in [-0.25, -0.2) is 0 Å². The molecule has 0 saturated carbocycles. The first kappa shape index (κ1) is 14.3. The van der Waals surface area contributed by atoms with Crippen molar-refractivity contribution in [3.63, 3.8) is 0 Å². The summed E-state index contributed by atoms with van der Waals surface area (Å²) in [5, 5.41) is 23.8. The number of benzene rings is 2. The third-order valence-corrected chi connectivity index (χ3v) is 3.22. The van der Waals surface area contributed by atoms with Gasteiger partial charge in [-0.05, 0) is 31.7 Å². The molecule has 0 aromatic heterocycles. The van der Waals surface area contributed by atoms with Crippen LogP contribution in [0.5, 0.6) is 5.75 Å². The van der Waals surface area contributed by atoms with Gasteiger partial charge >= 0.3 is 0 Å². The van der Waals surface area contributed by atoms with Gasteiger partial charge in [0.2, 0.25) is 0 Å². The van der Waals surface area contributed by atoms with Crippen molar-refractivity contribution in [2.45, 2.75) is 32.4 Å². The first-order valence-electron chi connectivity index (χ1n) is 6.68. The molecule has 2 unspecified atom stereocenters. The molecule has 0 aliphatic rings. The number of hydrogen-bond donors (Lipinski definition) is 3. The molecule has 0 radical (unpaired) electrons. The quantitative estimate of drug-likeness (QED) is 0.801. The van der Waals surface area contributed by atoms with E-state index < -0.39 is 6.10 Å². The minimum absolute atomic E-state index is 0.00940. The minimum Gasteiger partial charge on any atom is -0.506 e. The molecule has 4 nitrogen and oxygen atoms in total. The van der Waals surface area contributed by atoms with Crippen LogP contribution >= 0.6 is 0 Å². The maximum Gasteiger partial charge on any atom is 0.255 e. The fourth-order valence-electron chi connectivity index (χ4n) is 2.31. The second-order valence-electron chi connectivity index (χ2n) is 5.14. The molecular weight excluding hydrogens is 254 g/mol. The minimum atomic E-state index is -0.476. The van der Waals surface area contributed by atoms with Crippen LogP contribution < -0.4 is 5.32 Å². The highest BCUT2D eigenvalue weighted by atomic mass is 16.3. The summed E-state index contributed by atoms with van der Waals surface area (Å²) >= 11 is 0. The lowest BCUT2D eigenvalue weighted by Gasteiger charge is -2.16. The lowest BCUT2D eigenvalue weighted by atomic mass is 10.0. The molecule has 0 bridgehead atoms. The Labute approximate surface area is 118 Å². The van der Waals surface area contributed by atoms with Crippen molar-refractivity contribution >= 4 is 16.7 Å². The van der Waals surface area contributed by atoms with Gasteiger partial charge in [0, 0.05) is 11.4 Å². The summed E-state index contributed by atoms with van der Waals surface area (Å²) in [5.41, 5.74) is 0.251. The number of hydrogen-bond acceptors (Lipinski definition) is 3. The monoisotopic (exact) mass is 273 g/mol. The molecule has 0 fully saturated rings. The van der Waals surface area contributed by atoms with Crippen molar-refractivity contribution in [3.05, 3.63) is 42.0 Å². The fourth-order valence-corrected chi connectivity index (χ4v) is 2.31. The Balaban J connectivity index is 2.24. The van der Waals surface area contributed by atoms with Gasteiger partial charge in [-0.1, -0.05) is 30.3 Å². The van der Waals surface area contributed by atoms with Crippen LogP contribution in [0.1, 0.15) is 30.6 Å². The van der Waals surface area contributed by atoms with Crippen LogP contribution in [-0.4, -0.2) is 28.3 Å². The van der Waals surface area contributed by atoms with Gasteiger partial charge in [-0.15, -0.1) is 0 Å². The van der Waals surface area contributed by atoms with Gasteiger partial charge in [0.25, 0.3) is 5.91 Å². The summed E-state index contributed by atoms with van der Waals surface area (Å²) in [6, 6.07) is 10.6. The zero-order valence-corrected chi connectivity index (χ0v) is 11.6. The molecule has 3 N–H and O–H groups in total. The zero-order chi connectivity index (χ0) is 14.7. The van der Waals surface area contributed by atoms with Gasteiger partial charge in [-0.2, -0.15) is 0 Å². The summed E-state index contributed by atoms with van der Waals surface area (Å²) < 4.78 is 0. The Morgan fingerprint density at radius 2 is 1.90 bits per heavy atom. The number of nitrogens with one attached hydrogen (secondary N) is 1. The predicted molar refractivity (Wildman–Crippen MR) is 78.8 cm³/mol. The Bertz CT molecular complexity index is 622. The van der Waals surface area contributed by atoms with E-state index in [1.54, 1.807) is 19.1 Å². The summed E-state index contributed by atoms with van der Waals surface area (Å²) in [6.45, 7) is 3.50. The van der Waals surface area contributed by atoms with Gasteiger partial charge in [0.15, 0.2) is 0 Å². The molecule has 0 aliphatic carbocycles. The van der Waals surface area contributed by atoms with Crippen molar-refractivity contribution in [1.29, 1.82) is 0 Å². The van der Waals surface area contributed by atoms with Crippen LogP contribution in [0, 0.1) is 0 Å². The molecule has 2 atom stereocenters. The summed E-state index contributed by atoms with van der Waals surface area (Å²) in [7, 11) is 0. The predicted octanol–water partition coefficient (Wildman–Crippen LogP) is 2.43. The van der Waals surface area contributed by atoms with Gasteiger partial charge in [0.1, 0.15) is 5.75 Å². The highest BCUT2D eigenvalue weighted by Gasteiger charge is 2.16. The van der Waals surface area contributed by atoms with Crippen LogP contribution in [0.15, 0.2) is 36.4 Å². The molecule has 0 spiro atoms. The second kappa shape index (κ2) is 5.92. The lowest BCUT2D eigenvalue weighted by Crippen LogP contribution is -2.34. The van der Waals surface area contributed by atoms with Crippen molar-refractivity contribution in [2.24, 2.45) is 0 Å². The third kappa shape index (κ3) is 3.08. The SMILES string of the molecule is CC(O)CC(C)NC(=O)c1ccc2ccccc2c1O. The molecule has 1 amide bonds. The molecule has 0 heterocycles. The summed E-state index contributed by atoms with van der Waals surface area (Å²) in [6.07, 6.45) is -0.00408. The maximum atomic E-state index is 12.1. The standard InChI is InChI=1S/C16H19NO3/c1-10(9-11(2)18)17-16(20)14-8-7-12-5-3-4-6-13(12)15(14)19/h3-8,10-11,18-19H,9H2,1-2H3,(H,17,20). The molecule has 2 aromatic rings. The summed E-state index contributed by atoms with van der Waals surface area (Å²) in [5.74, 6) is -0.341. The van der Waals surface area contributed by atoms with Crippen molar-refractivity contribution < 1.29 is 15.0 Å². The molecule has 2 rings (SSSR count). The number of phenolic OH excluding ortho intramolecular Hbond substituents is 1.